The lowest BCUT2D eigenvalue weighted by atomic mass is 10.1. The number of nitrogens with zero attached hydrogens (tertiary/aromatic N) is 1. The second kappa shape index (κ2) is 5.74. The standard InChI is InChI=1S/C12H18ClNOS2/c1-8-6-10(13)16-11(8)9(2)7-14-17(15)12(3,4)5/h6-7,9H,1-5H3/b14-7+/t9-,17-/m1/s1. The molecular formula is C12H18ClNOS2. The van der Waals surface area contributed by atoms with Gasteiger partial charge in [-0.05, 0) is 39.3 Å². The summed E-state index contributed by atoms with van der Waals surface area (Å²) in [5, 5.41) is 0. The van der Waals surface area contributed by atoms with Gasteiger partial charge < -0.3 is 4.55 Å². The van der Waals surface area contributed by atoms with Crippen molar-refractivity contribution in [2.45, 2.75) is 45.3 Å². The summed E-state index contributed by atoms with van der Waals surface area (Å²) in [6.45, 7) is 9.82. The number of halogens is 1. The monoisotopic (exact) mass is 291 g/mol. The molecule has 0 spiro atoms. The number of hydrogen-bond acceptors (Lipinski definition) is 3. The number of aryl methyl sites for hydroxylation is 1. The molecule has 0 bridgehead atoms. The van der Waals surface area contributed by atoms with Crippen molar-refractivity contribution in [3.63, 3.8) is 0 Å². The topological polar surface area (TPSA) is 35.4 Å². The molecule has 96 valence electrons. The Morgan fingerprint density at radius 1 is 1.53 bits per heavy atom. The highest BCUT2D eigenvalue weighted by atomic mass is 35.5. The van der Waals surface area contributed by atoms with Crippen molar-refractivity contribution >= 4 is 40.5 Å². The highest BCUT2D eigenvalue weighted by molar-refractivity contribution is 7.91. The van der Waals surface area contributed by atoms with E-state index in [0.29, 0.717) is 0 Å². The minimum atomic E-state index is -1.19. The quantitative estimate of drug-likeness (QED) is 0.602. The van der Waals surface area contributed by atoms with Crippen molar-refractivity contribution in [1.29, 1.82) is 0 Å². The summed E-state index contributed by atoms with van der Waals surface area (Å²) in [5.41, 5.74) is 1.17. The number of rotatable bonds is 3. The van der Waals surface area contributed by atoms with Crippen LogP contribution in [0.5, 0.6) is 0 Å². The maximum atomic E-state index is 11.8. The summed E-state index contributed by atoms with van der Waals surface area (Å²) >= 11 is 6.33. The van der Waals surface area contributed by atoms with Crippen molar-refractivity contribution in [1.82, 2.24) is 0 Å². The fourth-order valence-electron chi connectivity index (χ4n) is 1.28. The van der Waals surface area contributed by atoms with Gasteiger partial charge in [-0.25, -0.2) is 0 Å². The Kier molecular flexibility index (Phi) is 5.07. The smallest absolute Gasteiger partial charge is 0.144 e. The van der Waals surface area contributed by atoms with Gasteiger partial charge in [0.25, 0.3) is 0 Å². The normalized spacial score (nSPS) is 16.4. The van der Waals surface area contributed by atoms with Crippen molar-refractivity contribution in [2.24, 2.45) is 4.40 Å². The van der Waals surface area contributed by atoms with E-state index in [-0.39, 0.29) is 10.7 Å². The molecule has 0 saturated heterocycles. The van der Waals surface area contributed by atoms with E-state index in [1.807, 2.05) is 40.7 Å². The zero-order chi connectivity index (χ0) is 13.2. The van der Waals surface area contributed by atoms with Gasteiger partial charge in [0.1, 0.15) is 16.1 Å². The average Bonchev–Trinajstić information content (AvgIpc) is 2.52. The molecule has 5 heteroatoms. The molecule has 0 aliphatic rings. The predicted molar refractivity (Wildman–Crippen MR) is 78.9 cm³/mol. The Labute approximate surface area is 115 Å². The van der Waals surface area contributed by atoms with Crippen LogP contribution < -0.4 is 0 Å². The molecule has 0 amide bonds. The SMILES string of the molecule is Cc1cc(Cl)sc1[C@H](C)/C=N/[S@+]([O-])C(C)(C)C. The Morgan fingerprint density at radius 2 is 2.12 bits per heavy atom. The minimum absolute atomic E-state index is 0.152. The third-order valence-corrected chi connectivity index (χ3v) is 5.17. The van der Waals surface area contributed by atoms with E-state index in [2.05, 4.69) is 4.40 Å². The van der Waals surface area contributed by atoms with E-state index in [9.17, 15) is 4.55 Å². The van der Waals surface area contributed by atoms with E-state index in [1.165, 1.54) is 10.4 Å². The molecule has 0 radical (unpaired) electrons. The van der Waals surface area contributed by atoms with Gasteiger partial charge >= 0.3 is 0 Å². The lowest BCUT2D eigenvalue weighted by Crippen LogP contribution is -2.26. The molecule has 0 aliphatic carbocycles. The molecule has 2 atom stereocenters. The maximum Gasteiger partial charge on any atom is 0.144 e. The van der Waals surface area contributed by atoms with Gasteiger partial charge in [-0.15, -0.1) is 11.3 Å². The first kappa shape index (κ1) is 15.0. The highest BCUT2D eigenvalue weighted by Crippen LogP contribution is 2.31. The Bertz CT molecular complexity index is 409. The molecule has 1 aromatic heterocycles. The van der Waals surface area contributed by atoms with E-state index >= 15 is 0 Å². The third-order valence-electron chi connectivity index (χ3n) is 2.24. The number of hydrogen-bond donors (Lipinski definition) is 0. The maximum absolute atomic E-state index is 11.8. The molecule has 0 N–H and O–H groups in total. The lowest BCUT2D eigenvalue weighted by Gasteiger charge is -2.18. The fourth-order valence-corrected chi connectivity index (χ4v) is 3.22. The first-order valence-corrected chi connectivity index (χ1v) is 7.74. The predicted octanol–water partition coefficient (Wildman–Crippen LogP) is 4.35. The molecule has 0 fully saturated rings. The molecule has 0 aromatic carbocycles. The van der Waals surface area contributed by atoms with Gasteiger partial charge in [-0.2, -0.15) is 0 Å². The van der Waals surface area contributed by atoms with Gasteiger partial charge in [-0.1, -0.05) is 22.9 Å². The van der Waals surface area contributed by atoms with Crippen molar-refractivity contribution in [3.8, 4) is 0 Å². The van der Waals surface area contributed by atoms with Crippen molar-refractivity contribution < 1.29 is 4.55 Å². The first-order valence-electron chi connectivity index (χ1n) is 5.44. The summed E-state index contributed by atoms with van der Waals surface area (Å²) in [7, 11) is 0. The van der Waals surface area contributed by atoms with Crippen LogP contribution in [0.4, 0.5) is 0 Å². The largest absolute Gasteiger partial charge is 0.591 e. The van der Waals surface area contributed by atoms with Crippen LogP contribution in [0.15, 0.2) is 10.5 Å². The molecular weight excluding hydrogens is 274 g/mol. The zero-order valence-corrected chi connectivity index (χ0v) is 13.2. The Balaban J connectivity index is 2.76. The van der Waals surface area contributed by atoms with Crippen LogP contribution >= 0.6 is 22.9 Å². The van der Waals surface area contributed by atoms with Gasteiger partial charge in [0, 0.05) is 10.8 Å². The Hall–Kier alpha value is -0.0300. The van der Waals surface area contributed by atoms with Gasteiger partial charge in [0.05, 0.1) is 10.6 Å². The molecule has 1 heterocycles. The summed E-state index contributed by atoms with van der Waals surface area (Å²) in [5.74, 6) is 0.152. The van der Waals surface area contributed by atoms with Crippen LogP contribution in [-0.4, -0.2) is 15.5 Å². The molecule has 2 nitrogen and oxygen atoms in total. The van der Waals surface area contributed by atoms with E-state index in [0.717, 1.165) is 4.34 Å². The zero-order valence-electron chi connectivity index (χ0n) is 10.8. The van der Waals surface area contributed by atoms with Gasteiger partial charge in [-0.3, -0.25) is 0 Å². The molecule has 0 saturated carbocycles. The van der Waals surface area contributed by atoms with Crippen molar-refractivity contribution in [3.05, 3.63) is 20.8 Å². The van der Waals surface area contributed by atoms with E-state index in [4.69, 9.17) is 11.6 Å². The third kappa shape index (κ3) is 4.28. The molecule has 17 heavy (non-hydrogen) atoms. The average molecular weight is 292 g/mol. The second-order valence-corrected chi connectivity index (χ2v) is 8.65. The van der Waals surface area contributed by atoms with E-state index < -0.39 is 11.4 Å². The van der Waals surface area contributed by atoms with E-state index in [1.54, 1.807) is 17.6 Å². The summed E-state index contributed by atoms with van der Waals surface area (Å²) in [6, 6.07) is 1.95. The van der Waals surface area contributed by atoms with Crippen LogP contribution in [0.25, 0.3) is 0 Å². The summed E-state index contributed by atoms with van der Waals surface area (Å²) < 4.78 is 16.4. The van der Waals surface area contributed by atoms with Crippen LogP contribution in [0, 0.1) is 6.92 Å². The van der Waals surface area contributed by atoms with Crippen molar-refractivity contribution in [2.75, 3.05) is 0 Å². The Morgan fingerprint density at radius 3 is 2.53 bits per heavy atom. The lowest BCUT2D eigenvalue weighted by molar-refractivity contribution is 0.561. The van der Waals surface area contributed by atoms with Gasteiger partial charge in [0.2, 0.25) is 0 Å². The molecule has 0 aliphatic heterocycles. The highest BCUT2D eigenvalue weighted by Gasteiger charge is 2.26. The van der Waals surface area contributed by atoms with Crippen LogP contribution in [0.2, 0.25) is 4.34 Å². The fraction of sp³-hybridized carbons (Fsp3) is 0.583. The second-order valence-electron chi connectivity index (χ2n) is 5.00. The van der Waals surface area contributed by atoms with Crippen LogP contribution in [-0.2, 0) is 11.4 Å². The summed E-state index contributed by atoms with van der Waals surface area (Å²) in [4.78, 5) is 1.18. The molecule has 1 aromatic rings. The van der Waals surface area contributed by atoms with Crippen LogP contribution in [0.3, 0.4) is 0 Å². The van der Waals surface area contributed by atoms with Gasteiger partial charge in [0.15, 0.2) is 0 Å². The molecule has 0 unspecified atom stereocenters. The molecule has 1 rings (SSSR count). The number of thiophene rings is 1. The van der Waals surface area contributed by atoms with Crippen LogP contribution in [0.1, 0.15) is 44.1 Å². The minimum Gasteiger partial charge on any atom is -0.591 e. The summed E-state index contributed by atoms with van der Waals surface area (Å²) in [6.07, 6.45) is 1.76. The first-order chi connectivity index (χ1) is 7.71.